The second-order valence-electron chi connectivity index (χ2n) is 6.44. The van der Waals surface area contributed by atoms with Gasteiger partial charge in [0.15, 0.2) is 5.82 Å². The standard InChI is InChI=1S/C19H22N4S/c1-3-15-11-16-18(23-10-5-4-7-13(23)2)21-17(22-19(16)24-15)14-8-6-9-20-12-14/h6,8-9,11-13H,3-5,7,10H2,1-2H3. The van der Waals surface area contributed by atoms with Crippen molar-refractivity contribution in [1.82, 2.24) is 15.0 Å². The third-order valence-electron chi connectivity index (χ3n) is 4.77. The van der Waals surface area contributed by atoms with Crippen molar-refractivity contribution in [3.63, 3.8) is 0 Å². The molecule has 0 bridgehead atoms. The van der Waals surface area contributed by atoms with Gasteiger partial charge in [0.05, 0.1) is 5.39 Å². The van der Waals surface area contributed by atoms with Gasteiger partial charge < -0.3 is 4.90 Å². The van der Waals surface area contributed by atoms with Crippen LogP contribution in [0.15, 0.2) is 30.6 Å². The predicted octanol–water partition coefficient (Wildman–Crippen LogP) is 4.69. The zero-order valence-corrected chi connectivity index (χ0v) is 15.0. The highest BCUT2D eigenvalue weighted by Crippen LogP contribution is 2.35. The molecule has 0 aliphatic carbocycles. The number of anilines is 1. The molecule has 124 valence electrons. The number of fused-ring (bicyclic) bond motifs is 1. The summed E-state index contributed by atoms with van der Waals surface area (Å²) in [5.41, 5.74) is 0.983. The molecule has 1 saturated heterocycles. The Hall–Kier alpha value is -2.01. The Morgan fingerprint density at radius 3 is 2.96 bits per heavy atom. The Bertz CT molecular complexity index is 843. The van der Waals surface area contributed by atoms with Crippen molar-refractivity contribution in [2.75, 3.05) is 11.4 Å². The molecule has 0 saturated carbocycles. The van der Waals surface area contributed by atoms with Crippen LogP contribution in [0.5, 0.6) is 0 Å². The molecule has 4 heterocycles. The minimum atomic E-state index is 0.531. The summed E-state index contributed by atoms with van der Waals surface area (Å²) in [4.78, 5) is 19.0. The first-order valence-electron chi connectivity index (χ1n) is 8.73. The summed E-state index contributed by atoms with van der Waals surface area (Å²) in [5.74, 6) is 1.88. The Morgan fingerprint density at radius 2 is 2.21 bits per heavy atom. The minimum Gasteiger partial charge on any atom is -0.353 e. The number of pyridine rings is 1. The van der Waals surface area contributed by atoms with Crippen LogP contribution >= 0.6 is 11.3 Å². The molecule has 1 atom stereocenters. The lowest BCUT2D eigenvalue weighted by atomic mass is 10.0. The van der Waals surface area contributed by atoms with Gasteiger partial charge in [-0.25, -0.2) is 9.97 Å². The number of thiophene rings is 1. The Balaban J connectivity index is 1.90. The molecule has 0 radical (unpaired) electrons. The zero-order chi connectivity index (χ0) is 16.5. The van der Waals surface area contributed by atoms with Gasteiger partial charge in [0.2, 0.25) is 0 Å². The van der Waals surface area contributed by atoms with Gasteiger partial charge in [0.25, 0.3) is 0 Å². The monoisotopic (exact) mass is 338 g/mol. The van der Waals surface area contributed by atoms with E-state index in [1.807, 2.05) is 18.3 Å². The second kappa shape index (κ2) is 6.48. The summed E-state index contributed by atoms with van der Waals surface area (Å²) in [7, 11) is 0. The van der Waals surface area contributed by atoms with E-state index in [2.05, 4.69) is 29.8 Å². The molecule has 0 amide bonds. The minimum absolute atomic E-state index is 0.531. The molecule has 3 aromatic heterocycles. The first-order valence-corrected chi connectivity index (χ1v) is 9.55. The van der Waals surface area contributed by atoms with E-state index in [1.165, 1.54) is 29.5 Å². The molecule has 1 fully saturated rings. The summed E-state index contributed by atoms with van der Waals surface area (Å²) < 4.78 is 0. The third kappa shape index (κ3) is 2.77. The van der Waals surface area contributed by atoms with Crippen LogP contribution in [0.1, 0.15) is 38.0 Å². The SMILES string of the molecule is CCc1cc2c(N3CCCCC3C)nc(-c3cccnc3)nc2s1. The van der Waals surface area contributed by atoms with Crippen molar-refractivity contribution in [3.8, 4) is 11.4 Å². The van der Waals surface area contributed by atoms with Crippen LogP contribution in [0.25, 0.3) is 21.6 Å². The maximum Gasteiger partial charge on any atom is 0.164 e. The number of aryl methyl sites for hydroxylation is 1. The highest BCUT2D eigenvalue weighted by Gasteiger charge is 2.24. The number of rotatable bonds is 3. The molecule has 3 aromatic rings. The fraction of sp³-hybridized carbons (Fsp3) is 0.421. The van der Waals surface area contributed by atoms with E-state index in [4.69, 9.17) is 9.97 Å². The highest BCUT2D eigenvalue weighted by molar-refractivity contribution is 7.18. The van der Waals surface area contributed by atoms with Crippen LogP contribution in [-0.4, -0.2) is 27.5 Å². The van der Waals surface area contributed by atoms with E-state index in [9.17, 15) is 0 Å². The Labute approximate surface area is 146 Å². The van der Waals surface area contributed by atoms with Crippen molar-refractivity contribution >= 4 is 27.4 Å². The summed E-state index contributed by atoms with van der Waals surface area (Å²) in [5, 5.41) is 1.21. The molecule has 5 heteroatoms. The zero-order valence-electron chi connectivity index (χ0n) is 14.2. The first kappa shape index (κ1) is 15.5. The van der Waals surface area contributed by atoms with E-state index in [1.54, 1.807) is 17.5 Å². The van der Waals surface area contributed by atoms with Gasteiger partial charge in [-0.1, -0.05) is 6.92 Å². The molecule has 0 spiro atoms. The fourth-order valence-corrected chi connectivity index (χ4v) is 4.35. The smallest absolute Gasteiger partial charge is 0.164 e. The van der Waals surface area contributed by atoms with E-state index < -0.39 is 0 Å². The molecule has 1 aliphatic heterocycles. The number of aromatic nitrogens is 3. The van der Waals surface area contributed by atoms with E-state index in [0.717, 1.165) is 35.0 Å². The molecule has 0 N–H and O–H groups in total. The van der Waals surface area contributed by atoms with Crippen LogP contribution in [0, 0.1) is 0 Å². The predicted molar refractivity (Wildman–Crippen MR) is 101 cm³/mol. The van der Waals surface area contributed by atoms with Crippen LogP contribution in [0.4, 0.5) is 5.82 Å². The lowest BCUT2D eigenvalue weighted by Crippen LogP contribution is -2.38. The van der Waals surface area contributed by atoms with Gasteiger partial charge in [0.1, 0.15) is 10.6 Å². The summed E-state index contributed by atoms with van der Waals surface area (Å²) in [6, 6.07) is 6.79. The van der Waals surface area contributed by atoms with Crippen LogP contribution in [0.3, 0.4) is 0 Å². The van der Waals surface area contributed by atoms with Crippen molar-refractivity contribution in [2.24, 2.45) is 0 Å². The number of piperidine rings is 1. The highest BCUT2D eigenvalue weighted by atomic mass is 32.1. The molecule has 24 heavy (non-hydrogen) atoms. The summed E-state index contributed by atoms with van der Waals surface area (Å²) in [6.07, 6.45) is 8.46. The van der Waals surface area contributed by atoms with Gasteiger partial charge in [0, 0.05) is 35.4 Å². The maximum absolute atomic E-state index is 4.97. The molecule has 1 unspecified atom stereocenters. The summed E-state index contributed by atoms with van der Waals surface area (Å²) in [6.45, 7) is 5.59. The fourth-order valence-electron chi connectivity index (χ4n) is 3.39. The van der Waals surface area contributed by atoms with Crippen molar-refractivity contribution in [2.45, 2.75) is 45.6 Å². The number of hydrogen-bond acceptors (Lipinski definition) is 5. The Kier molecular flexibility index (Phi) is 4.19. The normalized spacial score (nSPS) is 18.2. The molecular formula is C19H22N4S. The van der Waals surface area contributed by atoms with Gasteiger partial charge in [-0.3, -0.25) is 4.98 Å². The number of nitrogens with zero attached hydrogens (tertiary/aromatic N) is 4. The maximum atomic E-state index is 4.97. The van der Waals surface area contributed by atoms with E-state index in [0.29, 0.717) is 6.04 Å². The van der Waals surface area contributed by atoms with Gasteiger partial charge in [-0.2, -0.15) is 0 Å². The average Bonchev–Trinajstić information content (AvgIpc) is 3.05. The molecule has 4 nitrogen and oxygen atoms in total. The van der Waals surface area contributed by atoms with Crippen LogP contribution in [0.2, 0.25) is 0 Å². The van der Waals surface area contributed by atoms with Gasteiger partial charge in [-0.15, -0.1) is 11.3 Å². The van der Waals surface area contributed by atoms with Crippen molar-refractivity contribution < 1.29 is 0 Å². The molecular weight excluding hydrogens is 316 g/mol. The van der Waals surface area contributed by atoms with Crippen LogP contribution < -0.4 is 4.90 Å². The van der Waals surface area contributed by atoms with E-state index in [-0.39, 0.29) is 0 Å². The Morgan fingerprint density at radius 1 is 1.29 bits per heavy atom. The van der Waals surface area contributed by atoms with Crippen molar-refractivity contribution in [1.29, 1.82) is 0 Å². The van der Waals surface area contributed by atoms with Crippen molar-refractivity contribution in [3.05, 3.63) is 35.5 Å². The lowest BCUT2D eigenvalue weighted by Gasteiger charge is -2.34. The quantitative estimate of drug-likeness (QED) is 0.694. The molecule has 1 aliphatic rings. The largest absolute Gasteiger partial charge is 0.353 e. The topological polar surface area (TPSA) is 41.9 Å². The molecule has 4 rings (SSSR count). The third-order valence-corrected chi connectivity index (χ3v) is 5.94. The number of hydrogen-bond donors (Lipinski definition) is 0. The van der Waals surface area contributed by atoms with Crippen LogP contribution in [-0.2, 0) is 6.42 Å². The lowest BCUT2D eigenvalue weighted by molar-refractivity contribution is 0.482. The van der Waals surface area contributed by atoms with E-state index >= 15 is 0 Å². The molecule has 0 aromatic carbocycles. The second-order valence-corrected chi connectivity index (χ2v) is 7.55. The first-order chi connectivity index (χ1) is 11.8. The van der Waals surface area contributed by atoms with Gasteiger partial charge >= 0.3 is 0 Å². The summed E-state index contributed by atoms with van der Waals surface area (Å²) >= 11 is 1.79. The van der Waals surface area contributed by atoms with Gasteiger partial charge in [-0.05, 0) is 50.8 Å². The average molecular weight is 338 g/mol.